The highest BCUT2D eigenvalue weighted by molar-refractivity contribution is 5.94. The average molecular weight is 360 g/mol. The third-order valence-corrected chi connectivity index (χ3v) is 5.13. The fourth-order valence-corrected chi connectivity index (χ4v) is 3.52. The fourth-order valence-electron chi connectivity index (χ4n) is 3.52. The van der Waals surface area contributed by atoms with Crippen molar-refractivity contribution in [3.63, 3.8) is 0 Å². The predicted molar refractivity (Wildman–Crippen MR) is 106 cm³/mol. The van der Waals surface area contributed by atoms with Crippen LogP contribution in [0.3, 0.4) is 0 Å². The SMILES string of the molecule is O=C(c1cccc(-n2cccc2)c1)N1CCC(COc2ccccc2)CC1. The summed E-state index contributed by atoms with van der Waals surface area (Å²) in [6.45, 7) is 2.29. The van der Waals surface area contributed by atoms with Crippen molar-refractivity contribution in [2.24, 2.45) is 5.92 Å². The van der Waals surface area contributed by atoms with Gasteiger partial charge in [-0.2, -0.15) is 0 Å². The Morgan fingerprint density at radius 3 is 2.41 bits per heavy atom. The first kappa shape index (κ1) is 17.4. The summed E-state index contributed by atoms with van der Waals surface area (Å²) in [6.07, 6.45) is 5.94. The summed E-state index contributed by atoms with van der Waals surface area (Å²) in [5.74, 6) is 1.53. The van der Waals surface area contributed by atoms with Crippen LogP contribution in [-0.4, -0.2) is 35.1 Å². The quantitative estimate of drug-likeness (QED) is 0.675. The van der Waals surface area contributed by atoms with Crippen LogP contribution in [0.5, 0.6) is 5.75 Å². The van der Waals surface area contributed by atoms with E-state index in [1.807, 2.05) is 88.6 Å². The van der Waals surface area contributed by atoms with Crippen molar-refractivity contribution in [3.8, 4) is 11.4 Å². The van der Waals surface area contributed by atoms with Crippen LogP contribution in [0.15, 0.2) is 79.1 Å². The van der Waals surface area contributed by atoms with Crippen molar-refractivity contribution in [1.29, 1.82) is 0 Å². The van der Waals surface area contributed by atoms with Crippen LogP contribution in [0.2, 0.25) is 0 Å². The molecule has 138 valence electrons. The fraction of sp³-hybridized carbons (Fsp3) is 0.261. The average Bonchev–Trinajstić information content (AvgIpc) is 3.28. The van der Waals surface area contributed by atoms with Gasteiger partial charge in [0, 0.05) is 36.7 Å². The highest BCUT2D eigenvalue weighted by Crippen LogP contribution is 2.21. The van der Waals surface area contributed by atoms with Crippen LogP contribution in [0.1, 0.15) is 23.2 Å². The second kappa shape index (κ2) is 8.12. The summed E-state index contributed by atoms with van der Waals surface area (Å²) in [7, 11) is 0. The molecular weight excluding hydrogens is 336 g/mol. The van der Waals surface area contributed by atoms with Gasteiger partial charge in [0.2, 0.25) is 0 Å². The number of ether oxygens (including phenoxy) is 1. The number of hydrogen-bond acceptors (Lipinski definition) is 2. The van der Waals surface area contributed by atoms with E-state index >= 15 is 0 Å². The maximum Gasteiger partial charge on any atom is 0.253 e. The Kier molecular flexibility index (Phi) is 5.24. The van der Waals surface area contributed by atoms with Crippen molar-refractivity contribution in [2.45, 2.75) is 12.8 Å². The number of piperidine rings is 1. The number of carbonyl (C=O) groups is 1. The molecular formula is C23H24N2O2. The maximum absolute atomic E-state index is 12.9. The Morgan fingerprint density at radius 2 is 1.67 bits per heavy atom. The Hall–Kier alpha value is -3.01. The first-order valence-corrected chi connectivity index (χ1v) is 9.50. The van der Waals surface area contributed by atoms with Crippen LogP contribution in [-0.2, 0) is 0 Å². The molecule has 0 radical (unpaired) electrons. The molecule has 4 rings (SSSR count). The van der Waals surface area contributed by atoms with Gasteiger partial charge in [-0.1, -0.05) is 24.3 Å². The molecule has 2 aromatic carbocycles. The molecule has 1 aliphatic rings. The lowest BCUT2D eigenvalue weighted by Gasteiger charge is -2.32. The van der Waals surface area contributed by atoms with E-state index in [1.165, 1.54) is 0 Å². The molecule has 0 N–H and O–H groups in total. The van der Waals surface area contributed by atoms with Gasteiger partial charge >= 0.3 is 0 Å². The lowest BCUT2D eigenvalue weighted by atomic mass is 9.97. The minimum atomic E-state index is 0.117. The van der Waals surface area contributed by atoms with E-state index in [-0.39, 0.29) is 5.91 Å². The van der Waals surface area contributed by atoms with Crippen molar-refractivity contribution in [3.05, 3.63) is 84.7 Å². The molecule has 1 aliphatic heterocycles. The molecule has 0 saturated carbocycles. The van der Waals surface area contributed by atoms with Crippen molar-refractivity contribution >= 4 is 5.91 Å². The molecule has 1 fully saturated rings. The first-order chi connectivity index (χ1) is 13.3. The number of carbonyl (C=O) groups excluding carboxylic acids is 1. The van der Waals surface area contributed by atoms with Gasteiger partial charge < -0.3 is 14.2 Å². The highest BCUT2D eigenvalue weighted by Gasteiger charge is 2.24. The highest BCUT2D eigenvalue weighted by atomic mass is 16.5. The van der Waals surface area contributed by atoms with Crippen molar-refractivity contribution in [2.75, 3.05) is 19.7 Å². The summed E-state index contributed by atoms with van der Waals surface area (Å²) in [6, 6.07) is 21.7. The predicted octanol–water partition coefficient (Wildman–Crippen LogP) is 4.41. The second-order valence-corrected chi connectivity index (χ2v) is 7.00. The molecule has 0 spiro atoms. The Morgan fingerprint density at radius 1 is 0.926 bits per heavy atom. The molecule has 4 heteroatoms. The van der Waals surface area contributed by atoms with E-state index in [9.17, 15) is 4.79 Å². The number of nitrogens with zero attached hydrogens (tertiary/aromatic N) is 2. The number of para-hydroxylation sites is 1. The number of aromatic nitrogens is 1. The van der Waals surface area contributed by atoms with E-state index in [2.05, 4.69) is 0 Å². The molecule has 0 unspecified atom stereocenters. The topological polar surface area (TPSA) is 34.5 Å². The Bertz CT molecular complexity index is 866. The lowest BCUT2D eigenvalue weighted by Crippen LogP contribution is -2.39. The van der Waals surface area contributed by atoms with Gasteiger partial charge in [0.05, 0.1) is 6.61 Å². The number of rotatable bonds is 5. The van der Waals surface area contributed by atoms with E-state index in [0.717, 1.165) is 49.5 Å². The molecule has 1 saturated heterocycles. The first-order valence-electron chi connectivity index (χ1n) is 9.50. The molecule has 4 nitrogen and oxygen atoms in total. The molecule has 1 aromatic heterocycles. The zero-order chi connectivity index (χ0) is 18.5. The van der Waals surface area contributed by atoms with Crippen molar-refractivity contribution < 1.29 is 9.53 Å². The zero-order valence-electron chi connectivity index (χ0n) is 15.3. The molecule has 0 atom stereocenters. The number of amides is 1. The maximum atomic E-state index is 12.9. The summed E-state index contributed by atoms with van der Waals surface area (Å²) in [5, 5.41) is 0. The monoisotopic (exact) mass is 360 g/mol. The van der Waals surface area contributed by atoms with Crippen LogP contribution >= 0.6 is 0 Å². The zero-order valence-corrected chi connectivity index (χ0v) is 15.3. The van der Waals surface area contributed by atoms with Gasteiger partial charge in [0.25, 0.3) is 5.91 Å². The number of likely N-dealkylation sites (tertiary alicyclic amines) is 1. The van der Waals surface area contributed by atoms with Crippen LogP contribution in [0.4, 0.5) is 0 Å². The van der Waals surface area contributed by atoms with Gasteiger partial charge in [-0.25, -0.2) is 0 Å². The third kappa shape index (κ3) is 4.22. The smallest absolute Gasteiger partial charge is 0.253 e. The standard InChI is InChI=1S/C23H24N2O2/c26-23(20-7-6-8-21(17-20)24-13-4-5-14-24)25-15-11-19(12-16-25)18-27-22-9-2-1-3-10-22/h1-10,13-14,17,19H,11-12,15-16,18H2. The second-order valence-electron chi connectivity index (χ2n) is 7.00. The number of benzene rings is 2. The van der Waals surface area contributed by atoms with Gasteiger partial charge in [-0.15, -0.1) is 0 Å². The molecule has 2 heterocycles. The van der Waals surface area contributed by atoms with Gasteiger partial charge in [0.15, 0.2) is 0 Å². The summed E-state index contributed by atoms with van der Waals surface area (Å²) in [5.41, 5.74) is 1.76. The summed E-state index contributed by atoms with van der Waals surface area (Å²) >= 11 is 0. The lowest BCUT2D eigenvalue weighted by molar-refractivity contribution is 0.0661. The number of hydrogen-bond donors (Lipinski definition) is 0. The van der Waals surface area contributed by atoms with Crippen LogP contribution in [0.25, 0.3) is 5.69 Å². The summed E-state index contributed by atoms with van der Waals surface area (Å²) in [4.78, 5) is 14.9. The van der Waals surface area contributed by atoms with E-state index in [4.69, 9.17) is 4.74 Å². The van der Waals surface area contributed by atoms with Gasteiger partial charge in [-0.3, -0.25) is 4.79 Å². The Balaban J connectivity index is 1.33. The van der Waals surface area contributed by atoms with Gasteiger partial charge in [0.1, 0.15) is 5.75 Å². The molecule has 1 amide bonds. The normalized spacial score (nSPS) is 14.9. The van der Waals surface area contributed by atoms with Crippen molar-refractivity contribution in [1.82, 2.24) is 9.47 Å². The van der Waals surface area contributed by atoms with Crippen LogP contribution in [0, 0.1) is 5.92 Å². The molecule has 0 bridgehead atoms. The van der Waals surface area contributed by atoms with E-state index < -0.39 is 0 Å². The third-order valence-electron chi connectivity index (χ3n) is 5.13. The molecule has 3 aromatic rings. The van der Waals surface area contributed by atoms with Crippen LogP contribution < -0.4 is 4.74 Å². The summed E-state index contributed by atoms with van der Waals surface area (Å²) < 4.78 is 7.89. The molecule has 27 heavy (non-hydrogen) atoms. The minimum Gasteiger partial charge on any atom is -0.493 e. The Labute approximate surface area is 160 Å². The minimum absolute atomic E-state index is 0.117. The van der Waals surface area contributed by atoms with E-state index in [0.29, 0.717) is 5.92 Å². The van der Waals surface area contributed by atoms with E-state index in [1.54, 1.807) is 0 Å². The largest absolute Gasteiger partial charge is 0.493 e. The molecule has 0 aliphatic carbocycles. The van der Waals surface area contributed by atoms with Gasteiger partial charge in [-0.05, 0) is 61.2 Å².